The van der Waals surface area contributed by atoms with Gasteiger partial charge in [-0.1, -0.05) is 43.2 Å². The summed E-state index contributed by atoms with van der Waals surface area (Å²) in [5.74, 6) is -0.654. The zero-order valence-corrected chi connectivity index (χ0v) is 13.3. The number of primary amides is 1. The molecule has 1 aromatic carbocycles. The van der Waals surface area contributed by atoms with E-state index in [0.29, 0.717) is 13.0 Å². The van der Waals surface area contributed by atoms with Gasteiger partial charge >= 0.3 is 0 Å². The van der Waals surface area contributed by atoms with Gasteiger partial charge in [-0.3, -0.25) is 4.79 Å². The molecule has 1 rings (SSSR count). The van der Waals surface area contributed by atoms with Crippen LogP contribution in [0.4, 0.5) is 0 Å². The van der Waals surface area contributed by atoms with Crippen molar-refractivity contribution in [3.8, 4) is 0 Å². The summed E-state index contributed by atoms with van der Waals surface area (Å²) in [5, 5.41) is 1.12. The van der Waals surface area contributed by atoms with Crippen LogP contribution in [0, 0.1) is 6.92 Å². The maximum absolute atomic E-state index is 12.2. The van der Waals surface area contributed by atoms with Crippen molar-refractivity contribution in [1.29, 1.82) is 0 Å². The first-order valence-corrected chi connectivity index (χ1v) is 8.38. The zero-order chi connectivity index (χ0) is 15.9. The van der Waals surface area contributed by atoms with Crippen LogP contribution in [-0.4, -0.2) is 31.7 Å². The topological polar surface area (TPSA) is 80.5 Å². The molecule has 1 amide bonds. The van der Waals surface area contributed by atoms with Crippen LogP contribution in [0.5, 0.6) is 0 Å². The van der Waals surface area contributed by atoms with Crippen LogP contribution >= 0.6 is 0 Å². The SMILES string of the molecule is CCCCN(CC(N)=O)S(=O)(=O)/C=C/c1ccc(C)cc1. The number of carbonyl (C=O) groups is 1. The summed E-state index contributed by atoms with van der Waals surface area (Å²) in [6, 6.07) is 7.49. The number of rotatable bonds is 8. The van der Waals surface area contributed by atoms with Crippen molar-refractivity contribution in [2.45, 2.75) is 26.7 Å². The maximum atomic E-state index is 12.2. The van der Waals surface area contributed by atoms with Crippen LogP contribution in [0.1, 0.15) is 30.9 Å². The van der Waals surface area contributed by atoms with Gasteiger partial charge < -0.3 is 5.73 Å². The highest BCUT2D eigenvalue weighted by molar-refractivity contribution is 7.92. The molecule has 1 aromatic rings. The lowest BCUT2D eigenvalue weighted by molar-refractivity contribution is -0.118. The molecule has 6 heteroatoms. The zero-order valence-electron chi connectivity index (χ0n) is 12.5. The van der Waals surface area contributed by atoms with Crippen LogP contribution in [-0.2, 0) is 14.8 Å². The number of hydrogen-bond donors (Lipinski definition) is 1. The molecule has 0 unspecified atom stereocenters. The van der Waals surface area contributed by atoms with Gasteiger partial charge in [0.15, 0.2) is 0 Å². The summed E-state index contributed by atoms with van der Waals surface area (Å²) < 4.78 is 25.6. The smallest absolute Gasteiger partial charge is 0.236 e. The van der Waals surface area contributed by atoms with Gasteiger partial charge in [0.05, 0.1) is 6.54 Å². The summed E-state index contributed by atoms with van der Waals surface area (Å²) in [7, 11) is -3.65. The van der Waals surface area contributed by atoms with Crippen LogP contribution in [0.25, 0.3) is 6.08 Å². The average molecular weight is 310 g/mol. The number of unbranched alkanes of at least 4 members (excludes halogenated alkanes) is 1. The minimum absolute atomic E-state index is 0.291. The fraction of sp³-hybridized carbons (Fsp3) is 0.400. The summed E-state index contributed by atoms with van der Waals surface area (Å²) in [6.45, 7) is 3.92. The van der Waals surface area contributed by atoms with Gasteiger partial charge in [0.1, 0.15) is 0 Å². The van der Waals surface area contributed by atoms with Gasteiger partial charge in [0.25, 0.3) is 0 Å². The molecule has 0 aliphatic carbocycles. The monoisotopic (exact) mass is 310 g/mol. The van der Waals surface area contributed by atoms with Gasteiger partial charge in [-0.05, 0) is 25.0 Å². The minimum Gasteiger partial charge on any atom is -0.369 e. The van der Waals surface area contributed by atoms with E-state index >= 15 is 0 Å². The van der Waals surface area contributed by atoms with Crippen molar-refractivity contribution in [3.63, 3.8) is 0 Å². The Morgan fingerprint density at radius 1 is 1.29 bits per heavy atom. The van der Waals surface area contributed by atoms with Gasteiger partial charge in [0, 0.05) is 12.0 Å². The first kappa shape index (κ1) is 17.4. The van der Waals surface area contributed by atoms with Crippen LogP contribution in [0.2, 0.25) is 0 Å². The van der Waals surface area contributed by atoms with Crippen LogP contribution in [0.15, 0.2) is 29.7 Å². The predicted octanol–water partition coefficient (Wildman–Crippen LogP) is 1.88. The molecule has 0 aliphatic heterocycles. The Balaban J connectivity index is 2.88. The third-order valence-corrected chi connectivity index (χ3v) is 4.47. The fourth-order valence-corrected chi connectivity index (χ4v) is 2.92. The molecule has 116 valence electrons. The highest BCUT2D eigenvalue weighted by Crippen LogP contribution is 2.10. The Bertz CT molecular complexity index is 592. The lowest BCUT2D eigenvalue weighted by Gasteiger charge is -2.18. The lowest BCUT2D eigenvalue weighted by atomic mass is 10.2. The van der Waals surface area contributed by atoms with Crippen LogP contribution in [0.3, 0.4) is 0 Å². The Morgan fingerprint density at radius 3 is 2.43 bits per heavy atom. The first-order valence-electron chi connectivity index (χ1n) is 6.88. The molecule has 0 bridgehead atoms. The highest BCUT2D eigenvalue weighted by atomic mass is 32.2. The molecule has 0 radical (unpaired) electrons. The van der Waals surface area contributed by atoms with E-state index in [0.717, 1.165) is 27.3 Å². The second-order valence-electron chi connectivity index (χ2n) is 4.91. The van der Waals surface area contributed by atoms with E-state index in [1.165, 1.54) is 6.08 Å². The van der Waals surface area contributed by atoms with Gasteiger partial charge in [-0.15, -0.1) is 0 Å². The van der Waals surface area contributed by atoms with Gasteiger partial charge in [-0.2, -0.15) is 4.31 Å². The van der Waals surface area contributed by atoms with E-state index in [-0.39, 0.29) is 6.54 Å². The Kier molecular flexibility index (Phi) is 6.58. The predicted molar refractivity (Wildman–Crippen MR) is 84.8 cm³/mol. The van der Waals surface area contributed by atoms with Crippen molar-refractivity contribution in [2.24, 2.45) is 5.73 Å². The van der Waals surface area contributed by atoms with Crippen molar-refractivity contribution < 1.29 is 13.2 Å². The van der Waals surface area contributed by atoms with E-state index in [2.05, 4.69) is 0 Å². The Hall–Kier alpha value is -1.66. The molecule has 0 saturated carbocycles. The van der Waals surface area contributed by atoms with E-state index in [1.54, 1.807) is 0 Å². The third kappa shape index (κ3) is 6.10. The number of aryl methyl sites for hydroxylation is 1. The van der Waals surface area contributed by atoms with Crippen molar-refractivity contribution in [1.82, 2.24) is 4.31 Å². The largest absolute Gasteiger partial charge is 0.369 e. The van der Waals surface area contributed by atoms with E-state index < -0.39 is 15.9 Å². The molecule has 0 heterocycles. The molecule has 0 spiro atoms. The number of benzene rings is 1. The number of sulfonamides is 1. The lowest BCUT2D eigenvalue weighted by Crippen LogP contribution is -2.38. The first-order chi connectivity index (χ1) is 9.85. The number of amides is 1. The Morgan fingerprint density at radius 2 is 1.90 bits per heavy atom. The molecule has 2 N–H and O–H groups in total. The molecule has 0 atom stereocenters. The molecule has 21 heavy (non-hydrogen) atoms. The molecule has 0 aromatic heterocycles. The normalized spacial score (nSPS) is 12.1. The number of carbonyl (C=O) groups excluding carboxylic acids is 1. The molecule has 0 saturated heterocycles. The second kappa shape index (κ2) is 7.95. The molecular formula is C15H22N2O3S. The van der Waals surface area contributed by atoms with Crippen LogP contribution < -0.4 is 5.73 Å². The Labute approximate surface area is 126 Å². The molecule has 0 aliphatic rings. The highest BCUT2D eigenvalue weighted by Gasteiger charge is 2.20. The summed E-state index contributed by atoms with van der Waals surface area (Å²) in [6.07, 6.45) is 3.05. The van der Waals surface area contributed by atoms with Crippen molar-refractivity contribution >= 4 is 22.0 Å². The van der Waals surface area contributed by atoms with Crippen molar-refractivity contribution in [3.05, 3.63) is 40.8 Å². The quantitative estimate of drug-likeness (QED) is 0.796. The third-order valence-electron chi connectivity index (χ3n) is 2.96. The van der Waals surface area contributed by atoms with Gasteiger partial charge in [0.2, 0.25) is 15.9 Å². The molecule has 0 fully saturated rings. The average Bonchev–Trinajstić information content (AvgIpc) is 2.42. The number of nitrogens with two attached hydrogens (primary N) is 1. The molecular weight excluding hydrogens is 288 g/mol. The maximum Gasteiger partial charge on any atom is 0.236 e. The fourth-order valence-electron chi connectivity index (χ4n) is 1.73. The van der Waals surface area contributed by atoms with Gasteiger partial charge in [-0.25, -0.2) is 8.42 Å². The van der Waals surface area contributed by atoms with Crippen molar-refractivity contribution in [2.75, 3.05) is 13.1 Å². The summed E-state index contributed by atoms with van der Waals surface area (Å²) >= 11 is 0. The molecule has 5 nitrogen and oxygen atoms in total. The minimum atomic E-state index is -3.65. The second-order valence-corrected chi connectivity index (χ2v) is 6.73. The number of nitrogens with zero attached hydrogens (tertiary/aromatic N) is 1. The van der Waals surface area contributed by atoms with E-state index in [1.807, 2.05) is 38.1 Å². The summed E-state index contributed by atoms with van der Waals surface area (Å²) in [4.78, 5) is 11.0. The van der Waals surface area contributed by atoms with E-state index in [4.69, 9.17) is 5.73 Å². The summed E-state index contributed by atoms with van der Waals surface area (Å²) in [5.41, 5.74) is 7.01. The standard InChI is InChI=1S/C15H22N2O3S/c1-3-4-10-17(12-15(16)18)21(19,20)11-9-14-7-5-13(2)6-8-14/h5-9,11H,3-4,10,12H2,1-2H3,(H2,16,18)/b11-9+. The number of hydrogen-bond acceptors (Lipinski definition) is 3. The van der Waals surface area contributed by atoms with E-state index in [9.17, 15) is 13.2 Å².